The van der Waals surface area contributed by atoms with E-state index < -0.39 is 6.09 Å². The Morgan fingerprint density at radius 1 is 1.55 bits per heavy atom. The van der Waals surface area contributed by atoms with Gasteiger partial charge in [-0.05, 0) is 18.8 Å². The van der Waals surface area contributed by atoms with Gasteiger partial charge in [0.05, 0.1) is 6.04 Å². The number of carboxylic acid groups (broad SMARTS) is 1. The van der Waals surface area contributed by atoms with E-state index >= 15 is 0 Å². The predicted octanol–water partition coefficient (Wildman–Crippen LogP) is 0.00440. The van der Waals surface area contributed by atoms with E-state index in [4.69, 9.17) is 5.11 Å². The molecule has 0 aromatic rings. The molecule has 0 radical (unpaired) electrons. The van der Waals surface area contributed by atoms with Crippen LogP contribution in [0.2, 0.25) is 0 Å². The van der Waals surface area contributed by atoms with Crippen molar-refractivity contribution in [2.45, 2.75) is 24.9 Å². The topological polar surface area (TPSA) is 61.4 Å². The van der Waals surface area contributed by atoms with Crippen molar-refractivity contribution in [2.75, 3.05) is 6.54 Å². The fourth-order valence-electron chi connectivity index (χ4n) is 2.20. The van der Waals surface area contributed by atoms with Crippen LogP contribution in [0.25, 0.3) is 0 Å². The van der Waals surface area contributed by atoms with Crippen LogP contribution >= 0.6 is 0 Å². The summed E-state index contributed by atoms with van der Waals surface area (Å²) in [6.45, 7) is 0.982. The first-order valence-electron chi connectivity index (χ1n) is 4.00. The summed E-state index contributed by atoms with van der Waals surface area (Å²) in [5, 5.41) is 14.3. The van der Waals surface area contributed by atoms with Crippen molar-refractivity contribution in [1.29, 1.82) is 0 Å². The van der Waals surface area contributed by atoms with Gasteiger partial charge in [-0.1, -0.05) is 0 Å². The maximum Gasteiger partial charge on any atom is 0.404 e. The van der Waals surface area contributed by atoms with Crippen LogP contribution in [0.15, 0.2) is 0 Å². The van der Waals surface area contributed by atoms with Crippen LogP contribution in [0.5, 0.6) is 0 Å². The number of rotatable bonds is 1. The standard InChI is InChI=1S/C7H12N2O2/c10-7(11)9-6-4-1-2-5(6)8-3-4/h4-6,8-9H,1-3H2,(H,10,11)/t4?,5?,6-/m1/s1. The molecule has 2 unspecified atom stereocenters. The molecule has 2 aliphatic rings. The normalized spacial score (nSPS) is 40.9. The quantitative estimate of drug-likeness (QED) is 0.501. The van der Waals surface area contributed by atoms with E-state index in [1.165, 1.54) is 6.42 Å². The van der Waals surface area contributed by atoms with Crippen molar-refractivity contribution in [3.05, 3.63) is 0 Å². The monoisotopic (exact) mass is 156 g/mol. The van der Waals surface area contributed by atoms with Crippen LogP contribution in [-0.4, -0.2) is 29.8 Å². The van der Waals surface area contributed by atoms with Gasteiger partial charge in [0.1, 0.15) is 0 Å². The van der Waals surface area contributed by atoms with Crippen LogP contribution in [0, 0.1) is 5.92 Å². The van der Waals surface area contributed by atoms with Gasteiger partial charge in [-0.2, -0.15) is 0 Å². The fraction of sp³-hybridized carbons (Fsp3) is 0.857. The average molecular weight is 156 g/mol. The van der Waals surface area contributed by atoms with Gasteiger partial charge in [0.15, 0.2) is 0 Å². The molecule has 4 nitrogen and oxygen atoms in total. The maximum atomic E-state index is 10.3. The first kappa shape index (κ1) is 6.91. The molecule has 1 heterocycles. The van der Waals surface area contributed by atoms with Crippen LogP contribution in [0.3, 0.4) is 0 Å². The zero-order valence-corrected chi connectivity index (χ0v) is 6.21. The van der Waals surface area contributed by atoms with E-state index in [0.717, 1.165) is 13.0 Å². The molecule has 3 atom stereocenters. The van der Waals surface area contributed by atoms with Gasteiger partial charge < -0.3 is 15.7 Å². The van der Waals surface area contributed by atoms with Crippen molar-refractivity contribution in [3.63, 3.8) is 0 Å². The lowest BCUT2D eigenvalue weighted by Gasteiger charge is -2.13. The summed E-state index contributed by atoms with van der Waals surface area (Å²) in [5.74, 6) is 0.538. The van der Waals surface area contributed by atoms with Gasteiger partial charge in [-0.3, -0.25) is 0 Å². The fourth-order valence-corrected chi connectivity index (χ4v) is 2.20. The highest BCUT2D eigenvalue weighted by molar-refractivity contribution is 5.65. The van der Waals surface area contributed by atoms with E-state index in [1.807, 2.05) is 0 Å². The Balaban J connectivity index is 1.99. The van der Waals surface area contributed by atoms with E-state index in [-0.39, 0.29) is 6.04 Å². The molecule has 0 aromatic carbocycles. The molecule has 1 saturated carbocycles. The SMILES string of the molecule is O=C(O)N[C@@H]1C2CCC1NC2. The van der Waals surface area contributed by atoms with Gasteiger partial charge in [-0.15, -0.1) is 0 Å². The van der Waals surface area contributed by atoms with E-state index in [9.17, 15) is 4.79 Å². The molecule has 2 bridgehead atoms. The van der Waals surface area contributed by atoms with E-state index in [0.29, 0.717) is 12.0 Å². The highest BCUT2D eigenvalue weighted by atomic mass is 16.4. The van der Waals surface area contributed by atoms with Gasteiger partial charge in [0, 0.05) is 12.6 Å². The molecule has 62 valence electrons. The third-order valence-electron chi connectivity index (χ3n) is 2.72. The second-order valence-electron chi connectivity index (χ2n) is 3.33. The Labute approximate surface area is 65.0 Å². The van der Waals surface area contributed by atoms with Crippen molar-refractivity contribution in [3.8, 4) is 0 Å². The first-order chi connectivity index (χ1) is 5.27. The molecule has 1 amide bonds. The molecule has 0 aromatic heterocycles. The van der Waals surface area contributed by atoms with Crippen LogP contribution in [-0.2, 0) is 0 Å². The number of hydrogen-bond acceptors (Lipinski definition) is 2. The molecule has 4 heteroatoms. The Bertz CT molecular complexity index is 163. The summed E-state index contributed by atoms with van der Waals surface area (Å²) in [6.07, 6.45) is 1.40. The molecule has 11 heavy (non-hydrogen) atoms. The lowest BCUT2D eigenvalue weighted by atomic mass is 10.1. The van der Waals surface area contributed by atoms with Crippen molar-refractivity contribution >= 4 is 6.09 Å². The highest BCUT2D eigenvalue weighted by Crippen LogP contribution is 2.30. The molecule has 3 N–H and O–H groups in total. The van der Waals surface area contributed by atoms with Crippen LogP contribution < -0.4 is 10.6 Å². The summed E-state index contributed by atoms with van der Waals surface area (Å²) >= 11 is 0. The van der Waals surface area contributed by atoms with Gasteiger partial charge in [-0.25, -0.2) is 4.79 Å². The summed E-state index contributed by atoms with van der Waals surface area (Å²) in [6, 6.07) is 0.573. The Morgan fingerprint density at radius 2 is 2.36 bits per heavy atom. The molecule has 2 rings (SSSR count). The van der Waals surface area contributed by atoms with E-state index in [1.54, 1.807) is 0 Å². The second kappa shape index (κ2) is 2.37. The van der Waals surface area contributed by atoms with Gasteiger partial charge >= 0.3 is 6.09 Å². The Hall–Kier alpha value is -0.770. The van der Waals surface area contributed by atoms with Crippen molar-refractivity contribution in [1.82, 2.24) is 10.6 Å². The predicted molar refractivity (Wildman–Crippen MR) is 39.5 cm³/mol. The minimum Gasteiger partial charge on any atom is -0.465 e. The molecule has 1 aliphatic heterocycles. The third-order valence-corrected chi connectivity index (χ3v) is 2.72. The summed E-state index contributed by atoms with van der Waals surface area (Å²) in [5.41, 5.74) is 0. The zero-order valence-electron chi connectivity index (χ0n) is 6.21. The summed E-state index contributed by atoms with van der Waals surface area (Å²) in [4.78, 5) is 10.3. The van der Waals surface area contributed by atoms with Crippen LogP contribution in [0.4, 0.5) is 4.79 Å². The second-order valence-corrected chi connectivity index (χ2v) is 3.33. The molecule has 1 aliphatic carbocycles. The number of carbonyl (C=O) groups is 1. The number of hydrogen-bond donors (Lipinski definition) is 3. The summed E-state index contributed by atoms with van der Waals surface area (Å²) in [7, 11) is 0. The largest absolute Gasteiger partial charge is 0.465 e. The highest BCUT2D eigenvalue weighted by Gasteiger charge is 2.42. The zero-order chi connectivity index (χ0) is 7.84. The summed E-state index contributed by atoms with van der Waals surface area (Å²) < 4.78 is 0. The Morgan fingerprint density at radius 3 is 2.73 bits per heavy atom. The number of piperidine rings is 1. The minimum atomic E-state index is -0.893. The van der Waals surface area contributed by atoms with E-state index in [2.05, 4.69) is 10.6 Å². The Kier molecular flexibility index (Phi) is 1.49. The van der Waals surface area contributed by atoms with Crippen LogP contribution in [0.1, 0.15) is 12.8 Å². The lowest BCUT2D eigenvalue weighted by Crippen LogP contribution is -2.41. The lowest BCUT2D eigenvalue weighted by molar-refractivity contribution is 0.188. The average Bonchev–Trinajstić information content (AvgIpc) is 2.48. The number of amides is 1. The van der Waals surface area contributed by atoms with Crippen molar-refractivity contribution < 1.29 is 9.90 Å². The first-order valence-corrected chi connectivity index (χ1v) is 4.00. The number of nitrogens with one attached hydrogen (secondary N) is 2. The molecular formula is C7H12N2O2. The molecule has 2 fully saturated rings. The number of fused-ring (bicyclic) bond motifs is 2. The molecule has 0 spiro atoms. The molecular weight excluding hydrogens is 144 g/mol. The molecule has 1 saturated heterocycles. The van der Waals surface area contributed by atoms with Gasteiger partial charge in [0.25, 0.3) is 0 Å². The minimum absolute atomic E-state index is 0.174. The third kappa shape index (κ3) is 1.07. The maximum absolute atomic E-state index is 10.3. The smallest absolute Gasteiger partial charge is 0.404 e. The van der Waals surface area contributed by atoms with Gasteiger partial charge in [0.2, 0.25) is 0 Å². The van der Waals surface area contributed by atoms with Crippen molar-refractivity contribution in [2.24, 2.45) is 5.92 Å².